The van der Waals surface area contributed by atoms with Crippen molar-refractivity contribution in [1.29, 1.82) is 0 Å². The average molecular weight is 390 g/mol. The van der Waals surface area contributed by atoms with Crippen molar-refractivity contribution in [2.75, 3.05) is 38.2 Å². The minimum atomic E-state index is -0.179. The van der Waals surface area contributed by atoms with Crippen molar-refractivity contribution in [3.05, 3.63) is 66.2 Å². The number of amides is 1. The number of fused-ring (bicyclic) bond motifs is 1. The second-order valence-electron chi connectivity index (χ2n) is 7.52. The van der Waals surface area contributed by atoms with E-state index in [9.17, 15) is 9.90 Å². The fourth-order valence-electron chi connectivity index (χ4n) is 3.90. The van der Waals surface area contributed by atoms with Gasteiger partial charge in [0, 0.05) is 31.9 Å². The zero-order valence-corrected chi connectivity index (χ0v) is 16.8. The average Bonchev–Trinajstić information content (AvgIpc) is 2.78. The van der Waals surface area contributed by atoms with Crippen molar-refractivity contribution in [1.82, 2.24) is 4.90 Å². The lowest BCUT2D eigenvalue weighted by Crippen LogP contribution is -2.49. The van der Waals surface area contributed by atoms with Gasteiger partial charge in [-0.2, -0.15) is 0 Å². The topological polar surface area (TPSA) is 53.0 Å². The molecule has 0 radical (unpaired) electrons. The van der Waals surface area contributed by atoms with Crippen LogP contribution in [0.3, 0.4) is 0 Å². The molecule has 1 amide bonds. The third-order valence-electron chi connectivity index (χ3n) is 5.75. The zero-order chi connectivity index (χ0) is 20.4. The normalized spacial score (nSPS) is 15.4. The van der Waals surface area contributed by atoms with E-state index < -0.39 is 0 Å². The van der Waals surface area contributed by atoms with Crippen molar-refractivity contribution in [3.63, 3.8) is 0 Å². The SMILES string of the molecule is COc1ccc2cc([C@@H](C)C(=O)N3CCN(c4ccc(O)cc4)CC3)ccc2c1. The molecule has 0 aliphatic carbocycles. The summed E-state index contributed by atoms with van der Waals surface area (Å²) in [5.41, 5.74) is 2.11. The van der Waals surface area contributed by atoms with Crippen molar-refractivity contribution < 1.29 is 14.6 Å². The Bertz CT molecular complexity index is 1010. The van der Waals surface area contributed by atoms with E-state index in [1.165, 1.54) is 0 Å². The lowest BCUT2D eigenvalue weighted by Gasteiger charge is -2.37. The van der Waals surface area contributed by atoms with Crippen LogP contribution >= 0.6 is 0 Å². The number of hydrogen-bond donors (Lipinski definition) is 1. The maximum absolute atomic E-state index is 13.1. The number of phenols is 1. The Balaban J connectivity index is 1.43. The van der Waals surface area contributed by atoms with Gasteiger partial charge in [0.15, 0.2) is 0 Å². The predicted octanol–water partition coefficient (Wildman–Crippen LogP) is 4.01. The standard InChI is InChI=1S/C24H26N2O3/c1-17(18-3-4-20-16-23(29-2)10-5-19(20)15-18)24(28)26-13-11-25(12-14-26)21-6-8-22(27)9-7-21/h3-10,15-17,27H,11-14H2,1-2H3/t17-/m1/s1. The number of benzene rings is 3. The summed E-state index contributed by atoms with van der Waals surface area (Å²) in [4.78, 5) is 17.3. The third-order valence-corrected chi connectivity index (χ3v) is 5.75. The largest absolute Gasteiger partial charge is 0.508 e. The van der Waals surface area contributed by atoms with Crippen LogP contribution in [-0.2, 0) is 4.79 Å². The van der Waals surface area contributed by atoms with Gasteiger partial charge in [0.25, 0.3) is 0 Å². The van der Waals surface area contributed by atoms with E-state index in [-0.39, 0.29) is 17.6 Å². The highest BCUT2D eigenvalue weighted by Crippen LogP contribution is 2.27. The number of piperazine rings is 1. The van der Waals surface area contributed by atoms with Crippen LogP contribution in [-0.4, -0.2) is 49.2 Å². The highest BCUT2D eigenvalue weighted by atomic mass is 16.5. The highest BCUT2D eigenvalue weighted by Gasteiger charge is 2.26. The molecular formula is C24H26N2O3. The number of methoxy groups -OCH3 is 1. The molecule has 5 nitrogen and oxygen atoms in total. The molecule has 0 bridgehead atoms. The van der Waals surface area contributed by atoms with Crippen molar-refractivity contribution in [3.8, 4) is 11.5 Å². The van der Waals surface area contributed by atoms with Gasteiger partial charge in [-0.15, -0.1) is 0 Å². The quantitative estimate of drug-likeness (QED) is 0.731. The Morgan fingerprint density at radius 2 is 1.59 bits per heavy atom. The smallest absolute Gasteiger partial charge is 0.229 e. The van der Waals surface area contributed by atoms with Crippen LogP contribution in [0.2, 0.25) is 0 Å². The van der Waals surface area contributed by atoms with Crippen LogP contribution in [0.15, 0.2) is 60.7 Å². The van der Waals surface area contributed by atoms with E-state index in [1.807, 2.05) is 48.2 Å². The van der Waals surface area contributed by atoms with Crippen molar-refractivity contribution in [2.45, 2.75) is 12.8 Å². The number of ether oxygens (including phenoxy) is 1. The second kappa shape index (κ2) is 8.03. The zero-order valence-electron chi connectivity index (χ0n) is 16.8. The second-order valence-corrected chi connectivity index (χ2v) is 7.52. The van der Waals surface area contributed by atoms with E-state index in [0.717, 1.165) is 40.9 Å². The number of carbonyl (C=O) groups excluding carboxylic acids is 1. The number of aromatic hydroxyl groups is 1. The van der Waals surface area contributed by atoms with E-state index in [0.29, 0.717) is 13.1 Å². The van der Waals surface area contributed by atoms with Crippen LogP contribution < -0.4 is 9.64 Å². The first-order valence-electron chi connectivity index (χ1n) is 9.95. The summed E-state index contributed by atoms with van der Waals surface area (Å²) >= 11 is 0. The molecule has 1 aliphatic rings. The van der Waals surface area contributed by atoms with Crippen LogP contribution in [0.25, 0.3) is 10.8 Å². The molecule has 1 saturated heterocycles. The Labute approximate surface area is 171 Å². The van der Waals surface area contributed by atoms with Gasteiger partial charge in [0.05, 0.1) is 13.0 Å². The number of phenolic OH excluding ortho intramolecular Hbond substituents is 1. The number of anilines is 1. The highest BCUT2D eigenvalue weighted by molar-refractivity contribution is 5.88. The summed E-state index contributed by atoms with van der Waals surface area (Å²) in [6, 6.07) is 19.4. The predicted molar refractivity (Wildman–Crippen MR) is 116 cm³/mol. The van der Waals surface area contributed by atoms with Gasteiger partial charge in [-0.1, -0.05) is 24.3 Å². The molecule has 0 unspecified atom stereocenters. The first kappa shape index (κ1) is 19.1. The summed E-state index contributed by atoms with van der Waals surface area (Å²) in [5.74, 6) is 1.09. The lowest BCUT2D eigenvalue weighted by molar-refractivity contribution is -0.132. The van der Waals surface area contributed by atoms with E-state index in [2.05, 4.69) is 17.0 Å². The Morgan fingerprint density at radius 1 is 0.931 bits per heavy atom. The molecule has 1 fully saturated rings. The molecule has 0 aromatic heterocycles. The number of carbonyl (C=O) groups is 1. The number of nitrogens with zero attached hydrogens (tertiary/aromatic N) is 2. The summed E-state index contributed by atoms with van der Waals surface area (Å²) in [6.45, 7) is 4.98. The molecule has 0 saturated carbocycles. The minimum Gasteiger partial charge on any atom is -0.508 e. The molecule has 1 aliphatic heterocycles. The maximum atomic E-state index is 13.1. The van der Waals surface area contributed by atoms with E-state index in [1.54, 1.807) is 19.2 Å². The van der Waals surface area contributed by atoms with Crippen LogP contribution in [0.4, 0.5) is 5.69 Å². The lowest BCUT2D eigenvalue weighted by atomic mass is 9.96. The van der Waals surface area contributed by atoms with Gasteiger partial charge < -0.3 is 19.6 Å². The van der Waals surface area contributed by atoms with Gasteiger partial charge >= 0.3 is 0 Å². The number of rotatable bonds is 4. The summed E-state index contributed by atoms with van der Waals surface area (Å²) in [7, 11) is 1.66. The Morgan fingerprint density at radius 3 is 2.28 bits per heavy atom. The molecule has 3 aromatic carbocycles. The maximum Gasteiger partial charge on any atom is 0.229 e. The van der Waals surface area contributed by atoms with Crippen LogP contribution in [0.1, 0.15) is 18.4 Å². The monoisotopic (exact) mass is 390 g/mol. The van der Waals surface area contributed by atoms with Gasteiger partial charge in [-0.3, -0.25) is 4.79 Å². The van der Waals surface area contributed by atoms with Crippen LogP contribution in [0.5, 0.6) is 11.5 Å². The molecular weight excluding hydrogens is 364 g/mol. The fourth-order valence-corrected chi connectivity index (χ4v) is 3.90. The first-order chi connectivity index (χ1) is 14.0. The van der Waals surface area contributed by atoms with Crippen molar-refractivity contribution >= 4 is 22.4 Å². The molecule has 3 aromatic rings. The summed E-state index contributed by atoms with van der Waals surface area (Å²) < 4.78 is 5.29. The number of hydrogen-bond acceptors (Lipinski definition) is 4. The van der Waals surface area contributed by atoms with Gasteiger partial charge in [0.1, 0.15) is 11.5 Å². The van der Waals surface area contributed by atoms with Gasteiger partial charge in [-0.05, 0) is 59.7 Å². The third kappa shape index (κ3) is 3.99. The molecule has 1 heterocycles. The summed E-state index contributed by atoms with van der Waals surface area (Å²) in [6.07, 6.45) is 0. The van der Waals surface area contributed by atoms with Gasteiger partial charge in [0.2, 0.25) is 5.91 Å². The Hall–Kier alpha value is -3.21. The molecule has 150 valence electrons. The van der Waals surface area contributed by atoms with Crippen LogP contribution in [0, 0.1) is 0 Å². The Kier molecular flexibility index (Phi) is 5.30. The summed E-state index contributed by atoms with van der Waals surface area (Å²) in [5, 5.41) is 11.7. The van der Waals surface area contributed by atoms with E-state index >= 15 is 0 Å². The first-order valence-corrected chi connectivity index (χ1v) is 9.95. The minimum absolute atomic E-state index is 0.170. The van der Waals surface area contributed by atoms with Gasteiger partial charge in [-0.25, -0.2) is 0 Å². The molecule has 5 heteroatoms. The fraction of sp³-hybridized carbons (Fsp3) is 0.292. The molecule has 1 atom stereocenters. The molecule has 29 heavy (non-hydrogen) atoms. The van der Waals surface area contributed by atoms with E-state index in [4.69, 9.17) is 4.74 Å². The van der Waals surface area contributed by atoms with Crippen molar-refractivity contribution in [2.24, 2.45) is 0 Å². The molecule has 0 spiro atoms. The molecule has 4 rings (SSSR count). The molecule has 1 N–H and O–H groups in total.